The molecule has 5 rings (SSSR count). The predicted octanol–water partition coefficient (Wildman–Crippen LogP) is 4.78. The molecule has 5 nitrogen and oxygen atoms in total. The molecule has 3 heterocycles. The Morgan fingerprint density at radius 3 is 2.67 bits per heavy atom. The van der Waals surface area contributed by atoms with Gasteiger partial charge in [0.15, 0.2) is 10.3 Å². The molecule has 30 heavy (non-hydrogen) atoms. The topological polar surface area (TPSA) is 61.9 Å². The number of nitrogens with one attached hydrogen (secondary N) is 1. The number of hydrogen-bond donors (Lipinski definition) is 1. The van der Waals surface area contributed by atoms with Crippen molar-refractivity contribution in [3.05, 3.63) is 63.3 Å². The molecule has 9 heteroatoms. The van der Waals surface area contributed by atoms with Crippen LogP contribution in [-0.4, -0.2) is 32.6 Å². The molecule has 1 atom stereocenters. The van der Waals surface area contributed by atoms with Gasteiger partial charge in [0.2, 0.25) is 0 Å². The Morgan fingerprint density at radius 1 is 1.20 bits per heavy atom. The highest BCUT2D eigenvalue weighted by Gasteiger charge is 2.66. The van der Waals surface area contributed by atoms with Crippen LogP contribution in [0.2, 0.25) is 0 Å². The summed E-state index contributed by atoms with van der Waals surface area (Å²) >= 11 is 1.22. The second kappa shape index (κ2) is 6.94. The molecule has 0 radical (unpaired) electrons. The van der Waals surface area contributed by atoms with Crippen molar-refractivity contribution < 1.29 is 13.2 Å². The van der Waals surface area contributed by atoms with Crippen LogP contribution in [-0.2, 0) is 5.41 Å². The Morgan fingerprint density at radius 2 is 1.97 bits per heavy atom. The van der Waals surface area contributed by atoms with Crippen LogP contribution in [0, 0.1) is 0 Å². The van der Waals surface area contributed by atoms with Gasteiger partial charge in [-0.25, -0.2) is 9.97 Å². The average Bonchev–Trinajstić information content (AvgIpc) is 3.23. The van der Waals surface area contributed by atoms with Gasteiger partial charge in [-0.3, -0.25) is 4.79 Å². The molecular formula is C21H19F3N4OS. The van der Waals surface area contributed by atoms with E-state index in [2.05, 4.69) is 19.9 Å². The van der Waals surface area contributed by atoms with Gasteiger partial charge in [-0.15, -0.1) is 0 Å². The first-order chi connectivity index (χ1) is 14.4. The molecule has 1 aliphatic heterocycles. The fraction of sp³-hybridized carbons (Fsp3) is 0.381. The summed E-state index contributed by atoms with van der Waals surface area (Å²) < 4.78 is 40.4. The lowest BCUT2D eigenvalue weighted by atomic mass is 10.1. The van der Waals surface area contributed by atoms with E-state index >= 15 is 0 Å². The second-order valence-electron chi connectivity index (χ2n) is 7.82. The molecule has 0 spiro atoms. The lowest BCUT2D eigenvalue weighted by molar-refractivity contribution is -0.162. The minimum Gasteiger partial charge on any atom is -0.368 e. The van der Waals surface area contributed by atoms with Gasteiger partial charge in [0.05, 0.1) is 6.04 Å². The number of H-pyrrole nitrogens is 1. The monoisotopic (exact) mass is 432 g/mol. The van der Waals surface area contributed by atoms with Crippen LogP contribution in [0.1, 0.15) is 48.1 Å². The number of thiazole rings is 1. The molecule has 2 aromatic heterocycles. The molecule has 2 fully saturated rings. The summed E-state index contributed by atoms with van der Waals surface area (Å²) in [6, 6.07) is 9.91. The van der Waals surface area contributed by atoms with Crippen LogP contribution < -0.4 is 5.56 Å². The summed E-state index contributed by atoms with van der Waals surface area (Å²) in [5, 5.41) is 0.715. The van der Waals surface area contributed by atoms with Gasteiger partial charge < -0.3 is 9.88 Å². The van der Waals surface area contributed by atoms with Crippen molar-refractivity contribution in [2.24, 2.45) is 0 Å². The second-order valence-corrected chi connectivity index (χ2v) is 8.83. The summed E-state index contributed by atoms with van der Waals surface area (Å²) in [5.74, 6) is -0.282. The van der Waals surface area contributed by atoms with Crippen LogP contribution in [0.25, 0.3) is 16.4 Å². The minimum absolute atomic E-state index is 0.00971. The molecule has 2 aliphatic rings. The Kier molecular flexibility index (Phi) is 4.46. The third-order valence-electron chi connectivity index (χ3n) is 5.87. The lowest BCUT2D eigenvalue weighted by Crippen LogP contribution is -2.32. The van der Waals surface area contributed by atoms with E-state index in [-0.39, 0.29) is 35.1 Å². The highest BCUT2D eigenvalue weighted by molar-refractivity contribution is 7.18. The highest BCUT2D eigenvalue weighted by Crippen LogP contribution is 2.57. The molecule has 0 unspecified atom stereocenters. The summed E-state index contributed by atoms with van der Waals surface area (Å²) in [5.41, 5.74) is -1.41. The summed E-state index contributed by atoms with van der Waals surface area (Å²) in [7, 11) is 0. The third-order valence-corrected chi connectivity index (χ3v) is 6.92. The van der Waals surface area contributed by atoms with E-state index in [0.29, 0.717) is 5.01 Å². The number of likely N-dealkylation sites (tertiary alicyclic amines) is 1. The summed E-state index contributed by atoms with van der Waals surface area (Å²) in [6.07, 6.45) is 1.38. The van der Waals surface area contributed by atoms with Crippen molar-refractivity contribution >= 4 is 27.8 Å². The smallest absolute Gasteiger partial charge is 0.368 e. The fourth-order valence-corrected chi connectivity index (χ4v) is 5.07. The minimum atomic E-state index is -4.42. The number of halogens is 3. The van der Waals surface area contributed by atoms with Gasteiger partial charge in [0.1, 0.15) is 16.2 Å². The van der Waals surface area contributed by atoms with Gasteiger partial charge in [-0.05, 0) is 37.3 Å². The fourth-order valence-electron chi connectivity index (χ4n) is 3.98. The van der Waals surface area contributed by atoms with Crippen molar-refractivity contribution in [3.63, 3.8) is 0 Å². The van der Waals surface area contributed by atoms with Crippen molar-refractivity contribution in [1.29, 1.82) is 0 Å². The molecule has 1 aliphatic carbocycles. The molecule has 1 aromatic carbocycles. The highest BCUT2D eigenvalue weighted by atomic mass is 32.1. The lowest BCUT2D eigenvalue weighted by Gasteiger charge is -2.20. The maximum atomic E-state index is 13.5. The molecule has 1 N–H and O–H groups in total. The van der Waals surface area contributed by atoms with E-state index < -0.39 is 17.2 Å². The van der Waals surface area contributed by atoms with Crippen molar-refractivity contribution in [1.82, 2.24) is 19.9 Å². The Bertz CT molecular complexity index is 1160. The average molecular weight is 432 g/mol. The van der Waals surface area contributed by atoms with Crippen molar-refractivity contribution in [3.8, 4) is 0 Å². The van der Waals surface area contributed by atoms with E-state index in [1.54, 1.807) is 0 Å². The third kappa shape index (κ3) is 3.21. The summed E-state index contributed by atoms with van der Waals surface area (Å²) in [4.78, 5) is 25.9. The largest absolute Gasteiger partial charge is 0.401 e. The maximum Gasteiger partial charge on any atom is 0.401 e. The van der Waals surface area contributed by atoms with Crippen molar-refractivity contribution in [2.45, 2.75) is 43.3 Å². The van der Waals surface area contributed by atoms with Gasteiger partial charge in [-0.2, -0.15) is 13.2 Å². The first kappa shape index (κ1) is 19.3. The van der Waals surface area contributed by atoms with Gasteiger partial charge in [0.25, 0.3) is 5.56 Å². The molecule has 1 saturated heterocycles. The molecule has 0 amide bonds. The normalized spacial score (nSPS) is 21.0. The Labute approximate surface area is 174 Å². The standard InChI is InChI=1S/C21H19F3N4OS/c22-21(23,24)20(9-10-20)19-26-16(29)15-18(27-19)30-17(25-15)14-7-4-11-28(14)12-8-13-5-2-1-3-6-13/h1-3,5-6,8,12,14H,4,7,9-11H2,(H,26,27,29)/t14-/m1/s1. The van der Waals surface area contributed by atoms with E-state index in [9.17, 15) is 18.0 Å². The van der Waals surface area contributed by atoms with E-state index in [4.69, 9.17) is 0 Å². The zero-order valence-corrected chi connectivity index (χ0v) is 16.8. The van der Waals surface area contributed by atoms with Crippen LogP contribution in [0.4, 0.5) is 13.2 Å². The molecule has 0 bridgehead atoms. The van der Waals surface area contributed by atoms with Gasteiger partial charge in [-0.1, -0.05) is 41.7 Å². The molecule has 3 aromatic rings. The Hall–Kier alpha value is -2.68. The van der Waals surface area contributed by atoms with E-state index in [1.165, 1.54) is 11.3 Å². The number of rotatable bonds is 4. The van der Waals surface area contributed by atoms with Crippen molar-refractivity contribution in [2.75, 3.05) is 6.54 Å². The predicted molar refractivity (Wildman–Crippen MR) is 109 cm³/mol. The zero-order chi connectivity index (χ0) is 20.9. The summed E-state index contributed by atoms with van der Waals surface area (Å²) in [6.45, 7) is 0.857. The molecule has 156 valence electrons. The van der Waals surface area contributed by atoms with Crippen LogP contribution in [0.3, 0.4) is 0 Å². The van der Waals surface area contributed by atoms with Gasteiger partial charge >= 0.3 is 6.18 Å². The van der Waals surface area contributed by atoms with E-state index in [0.717, 1.165) is 24.9 Å². The quantitative estimate of drug-likeness (QED) is 0.645. The van der Waals surface area contributed by atoms with Crippen LogP contribution >= 0.6 is 11.3 Å². The van der Waals surface area contributed by atoms with Crippen LogP contribution in [0.5, 0.6) is 0 Å². The maximum absolute atomic E-state index is 13.5. The Balaban J connectivity index is 1.47. The molecular weight excluding hydrogens is 413 g/mol. The zero-order valence-electron chi connectivity index (χ0n) is 15.9. The number of fused-ring (bicyclic) bond motifs is 1. The van der Waals surface area contributed by atoms with Gasteiger partial charge in [0, 0.05) is 12.7 Å². The number of benzene rings is 1. The number of nitrogens with zero attached hydrogens (tertiary/aromatic N) is 3. The SMILES string of the molecule is O=c1[nH]c(C2(C(F)(F)F)CC2)nc2sc([C@H]3CCCN3C=Cc3ccccc3)nc12. The van der Waals surface area contributed by atoms with Crippen LogP contribution in [0.15, 0.2) is 41.3 Å². The molecule has 1 saturated carbocycles. The number of alkyl halides is 3. The van der Waals surface area contributed by atoms with E-state index in [1.807, 2.05) is 42.6 Å². The number of aromatic amines is 1. The number of hydrogen-bond acceptors (Lipinski definition) is 5. The number of aromatic nitrogens is 3. The first-order valence-electron chi connectivity index (χ1n) is 9.84. The first-order valence-corrected chi connectivity index (χ1v) is 10.7.